The van der Waals surface area contributed by atoms with Crippen LogP contribution in [0, 0.1) is 5.92 Å². The molecule has 0 aliphatic carbocycles. The lowest BCUT2D eigenvalue weighted by Gasteiger charge is -2.17. The summed E-state index contributed by atoms with van der Waals surface area (Å²) in [5, 5.41) is 0. The van der Waals surface area contributed by atoms with Gasteiger partial charge in [0.15, 0.2) is 5.92 Å². The topological polar surface area (TPSA) is 52.6 Å². The van der Waals surface area contributed by atoms with Gasteiger partial charge in [0.2, 0.25) is 0 Å². The second-order valence-corrected chi connectivity index (χ2v) is 4.20. The predicted molar refractivity (Wildman–Crippen MR) is 71.4 cm³/mol. The van der Waals surface area contributed by atoms with E-state index in [0.29, 0.717) is 6.42 Å². The summed E-state index contributed by atoms with van der Waals surface area (Å²) >= 11 is 0. The SMILES string of the molecule is CCOC(=O)C(CC)C(=O)OC(C)c1ccccc1. The van der Waals surface area contributed by atoms with Crippen LogP contribution in [0.15, 0.2) is 30.3 Å². The van der Waals surface area contributed by atoms with E-state index in [1.54, 1.807) is 20.8 Å². The second kappa shape index (κ2) is 7.56. The first-order chi connectivity index (χ1) is 9.10. The highest BCUT2D eigenvalue weighted by atomic mass is 16.6. The number of rotatable bonds is 6. The number of hydrogen-bond acceptors (Lipinski definition) is 4. The first-order valence-corrected chi connectivity index (χ1v) is 6.52. The zero-order valence-electron chi connectivity index (χ0n) is 11.6. The molecule has 0 aromatic heterocycles. The fourth-order valence-electron chi connectivity index (χ4n) is 1.72. The Balaban J connectivity index is 2.65. The number of ether oxygens (including phenoxy) is 2. The monoisotopic (exact) mass is 264 g/mol. The van der Waals surface area contributed by atoms with Gasteiger partial charge in [0.1, 0.15) is 6.10 Å². The zero-order valence-corrected chi connectivity index (χ0v) is 11.6. The van der Waals surface area contributed by atoms with Crippen LogP contribution in [0.1, 0.15) is 38.9 Å². The van der Waals surface area contributed by atoms with E-state index < -0.39 is 17.9 Å². The molecular formula is C15H20O4. The van der Waals surface area contributed by atoms with Gasteiger partial charge in [0.25, 0.3) is 0 Å². The van der Waals surface area contributed by atoms with Crippen LogP contribution in [0.2, 0.25) is 0 Å². The molecule has 0 radical (unpaired) electrons. The Morgan fingerprint density at radius 1 is 1.11 bits per heavy atom. The maximum atomic E-state index is 12.0. The average molecular weight is 264 g/mol. The Hall–Kier alpha value is -1.84. The minimum absolute atomic E-state index is 0.261. The van der Waals surface area contributed by atoms with E-state index in [9.17, 15) is 9.59 Å². The van der Waals surface area contributed by atoms with E-state index in [-0.39, 0.29) is 12.7 Å². The summed E-state index contributed by atoms with van der Waals surface area (Å²) in [6.45, 7) is 5.51. The number of carbonyl (C=O) groups is 2. The first kappa shape index (κ1) is 15.2. The lowest BCUT2D eigenvalue weighted by Crippen LogP contribution is -2.28. The van der Waals surface area contributed by atoms with Crippen LogP contribution in [0.3, 0.4) is 0 Å². The van der Waals surface area contributed by atoms with E-state index in [1.165, 1.54) is 0 Å². The van der Waals surface area contributed by atoms with Crippen molar-refractivity contribution in [1.29, 1.82) is 0 Å². The highest BCUT2D eigenvalue weighted by molar-refractivity contribution is 5.94. The summed E-state index contributed by atoms with van der Waals surface area (Å²) in [7, 11) is 0. The molecule has 0 aliphatic rings. The molecule has 2 unspecified atom stereocenters. The van der Waals surface area contributed by atoms with Gasteiger partial charge in [-0.3, -0.25) is 9.59 Å². The van der Waals surface area contributed by atoms with Crippen LogP contribution in [-0.4, -0.2) is 18.5 Å². The Kier molecular flexibility index (Phi) is 6.06. The lowest BCUT2D eigenvalue weighted by atomic mass is 10.1. The van der Waals surface area contributed by atoms with Gasteiger partial charge >= 0.3 is 11.9 Å². The number of benzene rings is 1. The summed E-state index contributed by atoms with van der Waals surface area (Å²) in [6, 6.07) is 9.41. The molecule has 0 bridgehead atoms. The fourth-order valence-corrected chi connectivity index (χ4v) is 1.72. The normalized spacial score (nSPS) is 13.4. The van der Waals surface area contributed by atoms with Crippen LogP contribution < -0.4 is 0 Å². The molecule has 0 heterocycles. The maximum absolute atomic E-state index is 12.0. The van der Waals surface area contributed by atoms with Crippen molar-refractivity contribution in [2.45, 2.75) is 33.3 Å². The summed E-state index contributed by atoms with van der Waals surface area (Å²) in [4.78, 5) is 23.6. The van der Waals surface area contributed by atoms with Crippen molar-refractivity contribution in [2.24, 2.45) is 5.92 Å². The van der Waals surface area contributed by atoms with E-state index in [4.69, 9.17) is 9.47 Å². The van der Waals surface area contributed by atoms with Crippen LogP contribution in [0.5, 0.6) is 0 Å². The van der Waals surface area contributed by atoms with Crippen LogP contribution in [0.25, 0.3) is 0 Å². The van der Waals surface area contributed by atoms with Crippen molar-refractivity contribution in [3.8, 4) is 0 Å². The molecule has 0 amide bonds. The standard InChI is InChI=1S/C15H20O4/c1-4-13(14(16)18-5-2)15(17)19-11(3)12-9-7-6-8-10-12/h6-11,13H,4-5H2,1-3H3. The molecule has 1 aromatic carbocycles. The Morgan fingerprint density at radius 2 is 1.74 bits per heavy atom. The van der Waals surface area contributed by atoms with E-state index >= 15 is 0 Å². The quantitative estimate of drug-likeness (QED) is 0.585. The van der Waals surface area contributed by atoms with Gasteiger partial charge in [-0.1, -0.05) is 37.3 Å². The Bertz CT molecular complexity index is 413. The third-order valence-electron chi connectivity index (χ3n) is 2.83. The van der Waals surface area contributed by atoms with Crippen molar-refractivity contribution in [3.63, 3.8) is 0 Å². The molecule has 1 aromatic rings. The van der Waals surface area contributed by atoms with Gasteiger partial charge in [-0.05, 0) is 25.8 Å². The maximum Gasteiger partial charge on any atom is 0.320 e. The highest BCUT2D eigenvalue weighted by Gasteiger charge is 2.29. The molecule has 4 nitrogen and oxygen atoms in total. The van der Waals surface area contributed by atoms with Crippen molar-refractivity contribution < 1.29 is 19.1 Å². The first-order valence-electron chi connectivity index (χ1n) is 6.52. The zero-order chi connectivity index (χ0) is 14.3. The minimum atomic E-state index is -0.842. The molecule has 0 fully saturated rings. The fraction of sp³-hybridized carbons (Fsp3) is 0.467. The van der Waals surface area contributed by atoms with Gasteiger partial charge in [-0.2, -0.15) is 0 Å². The van der Waals surface area contributed by atoms with Crippen LogP contribution >= 0.6 is 0 Å². The summed E-state index contributed by atoms with van der Waals surface area (Å²) in [5.74, 6) is -1.89. The van der Waals surface area contributed by atoms with Gasteiger partial charge < -0.3 is 9.47 Å². The summed E-state index contributed by atoms with van der Waals surface area (Å²) in [6.07, 6.45) is -0.00343. The average Bonchev–Trinajstić information content (AvgIpc) is 2.40. The Morgan fingerprint density at radius 3 is 2.26 bits per heavy atom. The third kappa shape index (κ3) is 4.39. The smallest absolute Gasteiger partial charge is 0.320 e. The van der Waals surface area contributed by atoms with Gasteiger partial charge in [-0.15, -0.1) is 0 Å². The number of esters is 2. The second-order valence-electron chi connectivity index (χ2n) is 4.20. The van der Waals surface area contributed by atoms with Crippen molar-refractivity contribution >= 4 is 11.9 Å². The van der Waals surface area contributed by atoms with Crippen molar-refractivity contribution in [1.82, 2.24) is 0 Å². The van der Waals surface area contributed by atoms with E-state index in [1.807, 2.05) is 30.3 Å². The predicted octanol–water partition coefficient (Wildman–Crippen LogP) is 2.88. The largest absolute Gasteiger partial charge is 0.465 e. The summed E-state index contributed by atoms with van der Waals surface area (Å²) < 4.78 is 10.2. The third-order valence-corrected chi connectivity index (χ3v) is 2.83. The molecule has 0 aliphatic heterocycles. The Labute approximate surface area is 113 Å². The number of hydrogen-bond donors (Lipinski definition) is 0. The molecule has 1 rings (SSSR count). The lowest BCUT2D eigenvalue weighted by molar-refractivity contribution is -0.165. The van der Waals surface area contributed by atoms with Crippen LogP contribution in [0.4, 0.5) is 0 Å². The van der Waals surface area contributed by atoms with E-state index in [0.717, 1.165) is 5.56 Å². The summed E-state index contributed by atoms with van der Waals surface area (Å²) in [5.41, 5.74) is 0.898. The van der Waals surface area contributed by atoms with Crippen molar-refractivity contribution in [2.75, 3.05) is 6.61 Å². The molecular weight excluding hydrogens is 244 g/mol. The van der Waals surface area contributed by atoms with Gasteiger partial charge in [0, 0.05) is 0 Å². The molecule has 0 N–H and O–H groups in total. The molecule has 19 heavy (non-hydrogen) atoms. The molecule has 2 atom stereocenters. The van der Waals surface area contributed by atoms with Gasteiger partial charge in [-0.25, -0.2) is 0 Å². The number of carbonyl (C=O) groups excluding carboxylic acids is 2. The minimum Gasteiger partial charge on any atom is -0.465 e. The highest BCUT2D eigenvalue weighted by Crippen LogP contribution is 2.19. The van der Waals surface area contributed by atoms with E-state index in [2.05, 4.69) is 0 Å². The van der Waals surface area contributed by atoms with Gasteiger partial charge in [0.05, 0.1) is 6.61 Å². The van der Waals surface area contributed by atoms with Crippen molar-refractivity contribution in [3.05, 3.63) is 35.9 Å². The molecule has 104 valence electrons. The molecule has 0 spiro atoms. The van der Waals surface area contributed by atoms with Crippen LogP contribution in [-0.2, 0) is 19.1 Å². The molecule has 4 heteroatoms. The molecule has 0 saturated carbocycles. The molecule has 0 saturated heterocycles.